The molecule has 0 atom stereocenters. The van der Waals surface area contributed by atoms with Crippen LogP contribution >= 0.6 is 0 Å². The lowest BCUT2D eigenvalue weighted by Gasteiger charge is -1.84. The van der Waals surface area contributed by atoms with Crippen LogP contribution < -0.4 is 0 Å². The molecule has 4 nitrogen and oxygen atoms in total. The van der Waals surface area contributed by atoms with Crippen LogP contribution in [0.25, 0.3) is 0 Å². The molecule has 0 aliphatic heterocycles. The second-order valence-electron chi connectivity index (χ2n) is 1.53. The number of azo groups is 1. The number of pyridine rings is 1. The van der Waals surface area contributed by atoms with Gasteiger partial charge in [0.05, 0.1) is 0 Å². The molecule has 0 spiro atoms. The van der Waals surface area contributed by atoms with Crippen molar-refractivity contribution < 1.29 is 0 Å². The van der Waals surface area contributed by atoms with Crippen LogP contribution in [0.5, 0.6) is 0 Å². The zero-order chi connectivity index (χ0) is 7.23. The Kier molecular flexibility index (Phi) is 2.25. The summed E-state index contributed by atoms with van der Waals surface area (Å²) in [6, 6.07) is 5.32. The SMILES string of the molecule is N=CN=Nc1ccccn1. The molecule has 1 rings (SSSR count). The van der Waals surface area contributed by atoms with E-state index in [0.717, 1.165) is 6.34 Å². The fourth-order valence-electron chi connectivity index (χ4n) is 0.501. The molecule has 10 heavy (non-hydrogen) atoms. The van der Waals surface area contributed by atoms with Gasteiger partial charge in [-0.25, -0.2) is 4.98 Å². The molecule has 1 aromatic rings. The molecule has 50 valence electrons. The fourth-order valence-corrected chi connectivity index (χ4v) is 0.501. The van der Waals surface area contributed by atoms with Gasteiger partial charge in [0.1, 0.15) is 6.34 Å². The molecule has 0 unspecified atom stereocenters. The third-order valence-corrected chi connectivity index (χ3v) is 0.867. The van der Waals surface area contributed by atoms with E-state index in [2.05, 4.69) is 15.2 Å². The Morgan fingerprint density at radius 1 is 1.50 bits per heavy atom. The Labute approximate surface area is 58.1 Å². The van der Waals surface area contributed by atoms with Crippen molar-refractivity contribution >= 4 is 12.2 Å². The molecule has 0 saturated heterocycles. The van der Waals surface area contributed by atoms with E-state index in [-0.39, 0.29) is 0 Å². The van der Waals surface area contributed by atoms with Gasteiger partial charge in [-0.1, -0.05) is 6.07 Å². The molecule has 0 radical (unpaired) electrons. The summed E-state index contributed by atoms with van der Waals surface area (Å²) in [5.41, 5.74) is 0. The van der Waals surface area contributed by atoms with Crippen LogP contribution in [0.3, 0.4) is 0 Å². The molecule has 0 aliphatic carbocycles. The summed E-state index contributed by atoms with van der Waals surface area (Å²) >= 11 is 0. The standard InChI is InChI=1S/C6H6N4/c7-5-9-10-6-3-1-2-4-8-6/h1-5,7H. The van der Waals surface area contributed by atoms with Gasteiger partial charge in [0.2, 0.25) is 0 Å². The quantitative estimate of drug-likeness (QED) is 0.374. The second-order valence-corrected chi connectivity index (χ2v) is 1.53. The van der Waals surface area contributed by atoms with Gasteiger partial charge in [0.25, 0.3) is 0 Å². The number of hydrogen-bond acceptors (Lipinski definition) is 3. The normalized spacial score (nSPS) is 10.0. The second kappa shape index (κ2) is 3.45. The van der Waals surface area contributed by atoms with Crippen molar-refractivity contribution in [2.75, 3.05) is 0 Å². The smallest absolute Gasteiger partial charge is 0.174 e. The summed E-state index contributed by atoms with van der Waals surface area (Å²) in [4.78, 5) is 3.85. The highest BCUT2D eigenvalue weighted by Crippen LogP contribution is 2.03. The fraction of sp³-hybridized carbons (Fsp3) is 0. The lowest BCUT2D eigenvalue weighted by molar-refractivity contribution is 1.18. The summed E-state index contributed by atoms with van der Waals surface area (Å²) in [7, 11) is 0. The number of aromatic nitrogens is 1. The third-order valence-electron chi connectivity index (χ3n) is 0.867. The maximum Gasteiger partial charge on any atom is 0.174 e. The summed E-state index contributed by atoms with van der Waals surface area (Å²) < 4.78 is 0. The maximum absolute atomic E-state index is 6.54. The molecule has 0 amide bonds. The van der Waals surface area contributed by atoms with E-state index in [0.29, 0.717) is 5.82 Å². The van der Waals surface area contributed by atoms with Gasteiger partial charge in [-0.05, 0) is 12.1 Å². The molecule has 0 aliphatic rings. The first-order chi connectivity index (χ1) is 4.93. The highest BCUT2D eigenvalue weighted by Gasteiger charge is 1.82. The Morgan fingerprint density at radius 2 is 2.40 bits per heavy atom. The number of rotatable bonds is 2. The molecule has 1 heterocycles. The van der Waals surface area contributed by atoms with Crippen LogP contribution in [0, 0.1) is 5.41 Å². The predicted molar refractivity (Wildman–Crippen MR) is 37.5 cm³/mol. The Balaban J connectivity index is 2.76. The van der Waals surface area contributed by atoms with Gasteiger partial charge < -0.3 is 0 Å². The monoisotopic (exact) mass is 134 g/mol. The summed E-state index contributed by atoms with van der Waals surface area (Å²) in [6.07, 6.45) is 2.49. The van der Waals surface area contributed by atoms with Crippen molar-refractivity contribution in [1.82, 2.24) is 4.98 Å². The maximum atomic E-state index is 6.54. The van der Waals surface area contributed by atoms with Crippen LogP contribution in [-0.4, -0.2) is 11.3 Å². The Bertz CT molecular complexity index is 229. The largest absolute Gasteiger partial charge is 0.288 e. The first-order valence-corrected chi connectivity index (χ1v) is 2.74. The van der Waals surface area contributed by atoms with Gasteiger partial charge in [-0.15, -0.1) is 10.2 Å². The minimum absolute atomic E-state index is 0.519. The van der Waals surface area contributed by atoms with Gasteiger partial charge in [0, 0.05) is 6.20 Å². The molecule has 4 heteroatoms. The number of nitrogens with zero attached hydrogens (tertiary/aromatic N) is 3. The van der Waals surface area contributed by atoms with E-state index in [9.17, 15) is 0 Å². The molecular weight excluding hydrogens is 128 g/mol. The van der Waals surface area contributed by atoms with Crippen LogP contribution in [0.15, 0.2) is 34.6 Å². The molecule has 1 aromatic heterocycles. The van der Waals surface area contributed by atoms with E-state index < -0.39 is 0 Å². The first kappa shape index (κ1) is 6.54. The van der Waals surface area contributed by atoms with Gasteiger partial charge >= 0.3 is 0 Å². The topological polar surface area (TPSA) is 61.5 Å². The lowest BCUT2D eigenvalue weighted by atomic mass is 10.5. The van der Waals surface area contributed by atoms with Crippen molar-refractivity contribution in [3.63, 3.8) is 0 Å². The predicted octanol–water partition coefficient (Wildman–Crippen LogP) is 1.77. The molecule has 0 fully saturated rings. The van der Waals surface area contributed by atoms with E-state index in [1.807, 2.05) is 6.07 Å². The van der Waals surface area contributed by atoms with Crippen molar-refractivity contribution in [3.05, 3.63) is 24.4 Å². The Morgan fingerprint density at radius 3 is 3.00 bits per heavy atom. The summed E-state index contributed by atoms with van der Waals surface area (Å²) in [5.74, 6) is 0.519. The van der Waals surface area contributed by atoms with E-state index in [1.54, 1.807) is 18.3 Å². The summed E-state index contributed by atoms with van der Waals surface area (Å²) in [5, 5.41) is 13.5. The van der Waals surface area contributed by atoms with E-state index in [4.69, 9.17) is 5.41 Å². The minimum atomic E-state index is 0.519. The summed E-state index contributed by atoms with van der Waals surface area (Å²) in [6.45, 7) is 0. The third kappa shape index (κ3) is 1.74. The van der Waals surface area contributed by atoms with Crippen LogP contribution in [0.1, 0.15) is 0 Å². The average Bonchev–Trinajstić information content (AvgIpc) is 2.03. The lowest BCUT2D eigenvalue weighted by Crippen LogP contribution is -1.68. The minimum Gasteiger partial charge on any atom is -0.288 e. The molecule has 0 aromatic carbocycles. The molecule has 0 bridgehead atoms. The van der Waals surface area contributed by atoms with Gasteiger partial charge in [0.15, 0.2) is 5.82 Å². The average molecular weight is 134 g/mol. The van der Waals surface area contributed by atoms with Crippen molar-refractivity contribution in [3.8, 4) is 0 Å². The number of hydrogen-bond donors (Lipinski definition) is 1. The molecule has 0 saturated carbocycles. The van der Waals surface area contributed by atoms with E-state index >= 15 is 0 Å². The van der Waals surface area contributed by atoms with Gasteiger partial charge in [-0.2, -0.15) is 0 Å². The van der Waals surface area contributed by atoms with E-state index in [1.165, 1.54) is 0 Å². The van der Waals surface area contributed by atoms with Crippen LogP contribution in [0.4, 0.5) is 5.82 Å². The van der Waals surface area contributed by atoms with Crippen LogP contribution in [-0.2, 0) is 0 Å². The zero-order valence-electron chi connectivity index (χ0n) is 5.23. The number of nitrogens with one attached hydrogen (secondary N) is 1. The molecular formula is C6H6N4. The zero-order valence-corrected chi connectivity index (χ0v) is 5.23. The molecule has 1 N–H and O–H groups in total. The van der Waals surface area contributed by atoms with Crippen molar-refractivity contribution in [2.45, 2.75) is 0 Å². The van der Waals surface area contributed by atoms with Crippen LogP contribution in [0.2, 0.25) is 0 Å². The first-order valence-electron chi connectivity index (χ1n) is 2.74. The Hall–Kier alpha value is -1.58. The van der Waals surface area contributed by atoms with Gasteiger partial charge in [-0.3, -0.25) is 5.41 Å². The highest BCUT2D eigenvalue weighted by atomic mass is 15.1. The highest BCUT2D eigenvalue weighted by molar-refractivity contribution is 5.50. The van der Waals surface area contributed by atoms with Crippen molar-refractivity contribution in [2.24, 2.45) is 10.2 Å². The van der Waals surface area contributed by atoms with Crippen molar-refractivity contribution in [1.29, 1.82) is 5.41 Å².